The van der Waals surface area contributed by atoms with E-state index >= 15 is 0 Å². The molecule has 0 saturated carbocycles. The van der Waals surface area contributed by atoms with E-state index < -0.39 is 5.97 Å². The van der Waals surface area contributed by atoms with Crippen molar-refractivity contribution < 1.29 is 14.7 Å². The maximum atomic E-state index is 11.5. The summed E-state index contributed by atoms with van der Waals surface area (Å²) in [5, 5.41) is 18.1. The molecule has 2 amide bonds. The summed E-state index contributed by atoms with van der Waals surface area (Å²) in [5.74, 6) is -0.661. The van der Waals surface area contributed by atoms with Crippen molar-refractivity contribution in [3.8, 4) is 0 Å². The number of aryl methyl sites for hydroxylation is 1. The van der Waals surface area contributed by atoms with Crippen molar-refractivity contribution in [2.24, 2.45) is 13.0 Å². The summed E-state index contributed by atoms with van der Waals surface area (Å²) in [6.45, 7) is 2.93. The summed E-state index contributed by atoms with van der Waals surface area (Å²) in [6.07, 6.45) is 3.13. The normalized spacial score (nSPS) is 11.9. The third-order valence-electron chi connectivity index (χ3n) is 3.05. The number of nitrogens with zero attached hydrogens (tertiary/aromatic N) is 2. The van der Waals surface area contributed by atoms with Crippen molar-refractivity contribution in [3.05, 3.63) is 18.0 Å². The van der Waals surface area contributed by atoms with Crippen LogP contribution in [-0.4, -0.2) is 40.0 Å². The molecule has 1 atom stereocenters. The van der Waals surface area contributed by atoms with Gasteiger partial charge in [-0.2, -0.15) is 5.10 Å². The van der Waals surface area contributed by atoms with Gasteiger partial charge in [0.2, 0.25) is 0 Å². The molecule has 1 rings (SSSR count). The number of carbonyl (C=O) groups excluding carboxylic acids is 1. The van der Waals surface area contributed by atoms with Gasteiger partial charge >= 0.3 is 12.0 Å². The molecule has 0 bridgehead atoms. The van der Waals surface area contributed by atoms with Gasteiger partial charge < -0.3 is 15.7 Å². The molecule has 0 fully saturated rings. The summed E-state index contributed by atoms with van der Waals surface area (Å²) in [5.41, 5.74) is 1.06. The number of carboxylic acid groups (broad SMARTS) is 1. The number of aliphatic carboxylic acids is 1. The molecule has 0 spiro atoms. The van der Waals surface area contributed by atoms with Crippen LogP contribution in [0.25, 0.3) is 0 Å². The number of urea groups is 1. The Kier molecular flexibility index (Phi) is 6.55. The second-order valence-electron chi connectivity index (χ2n) is 4.87. The fourth-order valence-electron chi connectivity index (χ4n) is 1.75. The number of hydrogen-bond donors (Lipinski definition) is 3. The largest absolute Gasteiger partial charge is 0.481 e. The molecule has 0 aliphatic carbocycles. The Balaban J connectivity index is 2.11. The minimum absolute atomic E-state index is 0.130. The van der Waals surface area contributed by atoms with E-state index in [-0.39, 0.29) is 18.4 Å². The van der Waals surface area contributed by atoms with E-state index in [1.165, 1.54) is 0 Å². The lowest BCUT2D eigenvalue weighted by Gasteiger charge is -2.12. The zero-order valence-electron chi connectivity index (χ0n) is 11.9. The van der Waals surface area contributed by atoms with Crippen molar-refractivity contribution in [2.45, 2.75) is 26.2 Å². The first-order valence-corrected chi connectivity index (χ1v) is 6.69. The number of hydrogen-bond acceptors (Lipinski definition) is 3. The summed E-state index contributed by atoms with van der Waals surface area (Å²) < 4.78 is 1.77. The molecule has 1 aromatic rings. The summed E-state index contributed by atoms with van der Waals surface area (Å²) in [4.78, 5) is 22.0. The molecular formula is C13H22N4O3. The molecule has 20 heavy (non-hydrogen) atoms. The van der Waals surface area contributed by atoms with Crippen molar-refractivity contribution in [2.75, 3.05) is 13.1 Å². The number of rotatable bonds is 8. The molecular weight excluding hydrogens is 260 g/mol. The van der Waals surface area contributed by atoms with Crippen LogP contribution in [0.4, 0.5) is 4.79 Å². The predicted molar refractivity (Wildman–Crippen MR) is 74.3 cm³/mol. The maximum absolute atomic E-state index is 11.5. The van der Waals surface area contributed by atoms with Gasteiger partial charge in [-0.15, -0.1) is 0 Å². The molecule has 7 heteroatoms. The molecule has 0 aliphatic heterocycles. The minimum Gasteiger partial charge on any atom is -0.481 e. The number of nitrogens with one attached hydrogen (secondary N) is 2. The van der Waals surface area contributed by atoms with Gasteiger partial charge in [-0.25, -0.2) is 4.79 Å². The average molecular weight is 282 g/mol. The van der Waals surface area contributed by atoms with E-state index in [0.717, 1.165) is 12.1 Å². The Morgan fingerprint density at radius 3 is 2.80 bits per heavy atom. The quantitative estimate of drug-likeness (QED) is 0.656. The third kappa shape index (κ3) is 6.21. The Morgan fingerprint density at radius 2 is 2.20 bits per heavy atom. The molecule has 0 radical (unpaired) electrons. The van der Waals surface area contributed by atoms with E-state index in [1.807, 2.05) is 20.0 Å². The highest BCUT2D eigenvalue weighted by Gasteiger charge is 2.07. The minimum atomic E-state index is -0.808. The van der Waals surface area contributed by atoms with Crippen LogP contribution in [0.5, 0.6) is 0 Å². The van der Waals surface area contributed by atoms with Crippen LogP contribution in [0.15, 0.2) is 12.3 Å². The standard InChI is InChI=1S/C13H22N4O3/c1-10(3-4-12(18)19)9-15-13(20)14-7-5-11-6-8-16-17(11)2/h6,8,10H,3-5,7,9H2,1-2H3,(H,18,19)(H2,14,15,20). The fraction of sp³-hybridized carbons (Fsp3) is 0.615. The molecule has 112 valence electrons. The second-order valence-corrected chi connectivity index (χ2v) is 4.87. The molecule has 0 aliphatic rings. The topological polar surface area (TPSA) is 96.2 Å². The molecule has 1 heterocycles. The van der Waals surface area contributed by atoms with Crippen molar-refractivity contribution in [1.82, 2.24) is 20.4 Å². The van der Waals surface area contributed by atoms with Gasteiger partial charge in [0.15, 0.2) is 0 Å². The lowest BCUT2D eigenvalue weighted by atomic mass is 10.1. The van der Waals surface area contributed by atoms with Gasteiger partial charge in [-0.05, 0) is 18.4 Å². The predicted octanol–water partition coefficient (Wildman–Crippen LogP) is 0.763. The lowest BCUT2D eigenvalue weighted by molar-refractivity contribution is -0.137. The zero-order valence-corrected chi connectivity index (χ0v) is 11.9. The monoisotopic (exact) mass is 282 g/mol. The number of aromatic nitrogens is 2. The SMILES string of the molecule is CC(CCC(=O)O)CNC(=O)NCCc1ccnn1C. The Bertz CT molecular complexity index is 445. The van der Waals surface area contributed by atoms with Gasteiger partial charge in [-0.1, -0.05) is 6.92 Å². The first-order valence-electron chi connectivity index (χ1n) is 6.69. The first-order chi connectivity index (χ1) is 9.49. The van der Waals surface area contributed by atoms with Crippen LogP contribution < -0.4 is 10.6 Å². The van der Waals surface area contributed by atoms with Crippen LogP contribution in [0.1, 0.15) is 25.5 Å². The van der Waals surface area contributed by atoms with Gasteiger partial charge in [0, 0.05) is 44.9 Å². The van der Waals surface area contributed by atoms with E-state index in [1.54, 1.807) is 10.9 Å². The van der Waals surface area contributed by atoms with Crippen LogP contribution in [0.2, 0.25) is 0 Å². The van der Waals surface area contributed by atoms with Crippen LogP contribution in [0.3, 0.4) is 0 Å². The lowest BCUT2D eigenvalue weighted by Crippen LogP contribution is -2.38. The van der Waals surface area contributed by atoms with Crippen molar-refractivity contribution in [3.63, 3.8) is 0 Å². The third-order valence-corrected chi connectivity index (χ3v) is 3.05. The molecule has 0 saturated heterocycles. The second kappa shape index (κ2) is 8.19. The molecule has 1 unspecified atom stereocenters. The molecule has 1 aromatic heterocycles. The average Bonchev–Trinajstić information content (AvgIpc) is 2.79. The number of carboxylic acids is 1. The van der Waals surface area contributed by atoms with Crippen LogP contribution >= 0.6 is 0 Å². The van der Waals surface area contributed by atoms with E-state index in [4.69, 9.17) is 5.11 Å². The summed E-state index contributed by atoms with van der Waals surface area (Å²) in [7, 11) is 1.86. The first kappa shape index (κ1) is 16.0. The molecule has 0 aromatic carbocycles. The molecule has 3 N–H and O–H groups in total. The highest BCUT2D eigenvalue weighted by Crippen LogP contribution is 2.03. The van der Waals surface area contributed by atoms with Gasteiger partial charge in [0.05, 0.1) is 0 Å². The fourth-order valence-corrected chi connectivity index (χ4v) is 1.75. The Labute approximate surface area is 118 Å². The van der Waals surface area contributed by atoms with Crippen molar-refractivity contribution >= 4 is 12.0 Å². The van der Waals surface area contributed by atoms with Gasteiger partial charge in [-0.3, -0.25) is 9.48 Å². The maximum Gasteiger partial charge on any atom is 0.314 e. The van der Waals surface area contributed by atoms with E-state index in [2.05, 4.69) is 15.7 Å². The summed E-state index contributed by atoms with van der Waals surface area (Å²) >= 11 is 0. The molecule has 7 nitrogen and oxygen atoms in total. The van der Waals surface area contributed by atoms with Crippen LogP contribution in [0, 0.1) is 5.92 Å². The van der Waals surface area contributed by atoms with Gasteiger partial charge in [0.25, 0.3) is 0 Å². The Morgan fingerprint density at radius 1 is 1.45 bits per heavy atom. The van der Waals surface area contributed by atoms with E-state index in [0.29, 0.717) is 19.5 Å². The van der Waals surface area contributed by atoms with E-state index in [9.17, 15) is 9.59 Å². The number of amides is 2. The van der Waals surface area contributed by atoms with Crippen LogP contribution in [-0.2, 0) is 18.3 Å². The van der Waals surface area contributed by atoms with Gasteiger partial charge in [0.1, 0.15) is 0 Å². The Hall–Kier alpha value is -2.05. The number of carbonyl (C=O) groups is 2. The smallest absolute Gasteiger partial charge is 0.314 e. The van der Waals surface area contributed by atoms with Crippen molar-refractivity contribution in [1.29, 1.82) is 0 Å². The highest BCUT2D eigenvalue weighted by molar-refractivity contribution is 5.73. The summed E-state index contributed by atoms with van der Waals surface area (Å²) in [6, 6.07) is 1.68. The highest BCUT2D eigenvalue weighted by atomic mass is 16.4. The zero-order chi connectivity index (χ0) is 15.0.